The van der Waals surface area contributed by atoms with Gasteiger partial charge in [0, 0.05) is 10.1 Å². The summed E-state index contributed by atoms with van der Waals surface area (Å²) in [5, 5.41) is 1.23. The van der Waals surface area contributed by atoms with Crippen LogP contribution < -0.4 is 0 Å². The van der Waals surface area contributed by atoms with Crippen LogP contribution in [0.25, 0.3) is 10.1 Å². The molecular formula is C7H10Li6S3. The molecule has 1 aromatic carbocycles. The third-order valence-corrected chi connectivity index (χ3v) is 4.38. The monoisotopic (exact) mass is 232 g/mol. The topological polar surface area (TPSA) is 0 Å². The Kier molecular flexibility index (Phi) is 32.4. The van der Waals surface area contributed by atoms with Crippen LogP contribution in [0.5, 0.6) is 0 Å². The van der Waals surface area contributed by atoms with E-state index in [1.165, 1.54) is 10.1 Å². The van der Waals surface area contributed by atoms with Crippen molar-refractivity contribution in [3.8, 4) is 0 Å². The predicted molar refractivity (Wildman–Crippen MR) is 93.4 cm³/mol. The molecule has 2 rings (SSSR count). The Hall–Kier alpha value is 3.33. The fourth-order valence-corrected chi connectivity index (χ4v) is 3.48. The van der Waals surface area contributed by atoms with Crippen molar-refractivity contribution in [1.29, 1.82) is 0 Å². The summed E-state index contributed by atoms with van der Waals surface area (Å²) in [5.74, 6) is 0. The Morgan fingerprint density at radius 1 is 0.750 bits per heavy atom. The molecule has 0 fully saturated rings. The van der Waals surface area contributed by atoms with Gasteiger partial charge < -0.3 is 0 Å². The predicted octanol–water partition coefficient (Wildman–Crippen LogP) is -0.199. The number of rotatable bonds is 0. The maximum atomic E-state index is 5.12. The van der Waals surface area contributed by atoms with E-state index in [1.807, 2.05) is 12.1 Å². The molecule has 0 nitrogen and oxygen atoms in total. The second-order valence-corrected chi connectivity index (χ2v) is 4.80. The van der Waals surface area contributed by atoms with Gasteiger partial charge in [-0.3, -0.25) is 0 Å². The second-order valence-electron chi connectivity index (χ2n) is 1.95. The molecule has 9 heteroatoms. The first-order valence-corrected chi connectivity index (χ1v) is 5.41. The number of fused-ring (bicyclic) bond motifs is 1. The van der Waals surface area contributed by atoms with Crippen molar-refractivity contribution in [3.05, 3.63) is 28.1 Å². The quantitative estimate of drug-likeness (QED) is 0.344. The molecule has 0 saturated heterocycles. The van der Waals surface area contributed by atoms with Crippen LogP contribution in [0.4, 0.5) is 0 Å². The number of hydrogen-bond donors (Lipinski definition) is 0. The molecule has 1 heterocycles. The molecule has 0 unspecified atom stereocenters. The molecule has 16 heavy (non-hydrogen) atoms. The first-order valence-electron chi connectivity index (χ1n) is 2.86. The molecule has 62 valence electrons. The SMILES string of the molecule is S=c1ssc2ccccc12.[LiH].[LiH].[LiH].[LiH].[LiH].[LiH]. The molecule has 0 aliphatic rings. The van der Waals surface area contributed by atoms with Crippen molar-refractivity contribution in [1.82, 2.24) is 0 Å². The van der Waals surface area contributed by atoms with Gasteiger partial charge in [0.2, 0.25) is 0 Å². The summed E-state index contributed by atoms with van der Waals surface area (Å²) in [4.78, 5) is 0. The summed E-state index contributed by atoms with van der Waals surface area (Å²) >= 11 is 5.12. The Labute approximate surface area is 181 Å². The number of hydrogen-bond acceptors (Lipinski definition) is 3. The molecule has 0 bridgehead atoms. The van der Waals surface area contributed by atoms with E-state index in [4.69, 9.17) is 12.2 Å². The van der Waals surface area contributed by atoms with Gasteiger partial charge in [0.05, 0.1) is 0 Å². The summed E-state index contributed by atoms with van der Waals surface area (Å²) in [6.07, 6.45) is 0. The van der Waals surface area contributed by atoms with Gasteiger partial charge in [0.1, 0.15) is 3.82 Å². The molecule has 0 radical (unpaired) electrons. The van der Waals surface area contributed by atoms with E-state index in [0.29, 0.717) is 0 Å². The van der Waals surface area contributed by atoms with Crippen LogP contribution in [0.1, 0.15) is 0 Å². The molecule has 0 saturated carbocycles. The van der Waals surface area contributed by atoms with Gasteiger partial charge in [-0.1, -0.05) is 51.1 Å². The van der Waals surface area contributed by atoms with Gasteiger partial charge in [-0.2, -0.15) is 0 Å². The zero-order valence-corrected chi connectivity index (χ0v) is 7.48. The molecule has 0 N–H and O–H groups in total. The molecule has 0 atom stereocenters. The average molecular weight is 232 g/mol. The van der Waals surface area contributed by atoms with Crippen molar-refractivity contribution < 1.29 is 0 Å². The molecule has 2 aromatic rings. The fraction of sp³-hybridized carbons (Fsp3) is 0. The van der Waals surface area contributed by atoms with Crippen LogP contribution in [0.3, 0.4) is 0 Å². The van der Waals surface area contributed by atoms with Gasteiger partial charge in [-0.05, 0) is 6.07 Å². The third kappa shape index (κ3) is 8.49. The first-order chi connectivity index (χ1) is 4.88. The van der Waals surface area contributed by atoms with Crippen LogP contribution >= 0.6 is 32.9 Å². The third-order valence-electron chi connectivity index (χ3n) is 1.31. The van der Waals surface area contributed by atoms with Crippen LogP contribution in [0, 0.1) is 3.82 Å². The minimum atomic E-state index is 0. The van der Waals surface area contributed by atoms with Crippen LogP contribution in [-0.4, -0.2) is 113 Å². The first kappa shape index (κ1) is 31.6. The Morgan fingerprint density at radius 2 is 1.25 bits per heavy atom. The molecule has 0 aliphatic heterocycles. The van der Waals surface area contributed by atoms with E-state index in [1.54, 1.807) is 20.7 Å². The van der Waals surface area contributed by atoms with Gasteiger partial charge in [0.15, 0.2) is 0 Å². The van der Waals surface area contributed by atoms with Gasteiger partial charge in [-0.25, -0.2) is 0 Å². The van der Waals surface area contributed by atoms with E-state index in [9.17, 15) is 0 Å². The van der Waals surface area contributed by atoms with Crippen LogP contribution in [0.2, 0.25) is 0 Å². The molecule has 0 spiro atoms. The molecule has 1 aromatic heterocycles. The van der Waals surface area contributed by atoms with Crippen molar-refractivity contribution in [2.24, 2.45) is 0 Å². The summed E-state index contributed by atoms with van der Waals surface area (Å²) in [6, 6.07) is 8.24. The van der Waals surface area contributed by atoms with Gasteiger partial charge >= 0.3 is 113 Å². The fourth-order valence-electron chi connectivity index (χ4n) is 0.836. The minimum absolute atomic E-state index is 0. The normalized spacial score (nSPS) is 6.50. The van der Waals surface area contributed by atoms with Crippen molar-refractivity contribution in [3.63, 3.8) is 0 Å². The van der Waals surface area contributed by atoms with E-state index in [2.05, 4.69) is 12.1 Å². The van der Waals surface area contributed by atoms with E-state index in [-0.39, 0.29) is 113 Å². The van der Waals surface area contributed by atoms with Gasteiger partial charge in [-0.15, -0.1) is 0 Å². The van der Waals surface area contributed by atoms with Gasteiger partial charge in [0.25, 0.3) is 0 Å². The zero-order valence-electron chi connectivity index (χ0n) is 5.03. The Bertz CT molecular complexity index is 411. The standard InChI is InChI=1S/C7H4S3.6Li.6H/c8-7-5-3-1-2-4-6(5)9-10-7;;;;;;;;;;;;/h1-4H;;;;;;;;;;;;. The van der Waals surface area contributed by atoms with Crippen molar-refractivity contribution in [2.75, 3.05) is 0 Å². The zero-order chi connectivity index (χ0) is 6.97. The molecule has 0 amide bonds. The maximum absolute atomic E-state index is 5.12. The molecular weight excluding hydrogens is 222 g/mol. The average Bonchev–Trinajstić information content (AvgIpc) is 2.34. The summed E-state index contributed by atoms with van der Waals surface area (Å²) < 4.78 is 2.32. The summed E-state index contributed by atoms with van der Waals surface area (Å²) in [6.45, 7) is 0. The van der Waals surface area contributed by atoms with Crippen LogP contribution in [-0.2, 0) is 0 Å². The van der Waals surface area contributed by atoms with E-state index < -0.39 is 0 Å². The van der Waals surface area contributed by atoms with E-state index >= 15 is 0 Å². The Balaban J connectivity index is -0.0000000672. The van der Waals surface area contributed by atoms with Crippen molar-refractivity contribution in [2.45, 2.75) is 0 Å². The van der Waals surface area contributed by atoms with Crippen LogP contribution in [0.15, 0.2) is 24.3 Å². The molecule has 0 aliphatic carbocycles. The second kappa shape index (κ2) is 16.4. The number of benzene rings is 1. The summed E-state index contributed by atoms with van der Waals surface area (Å²) in [7, 11) is 3.43. The Morgan fingerprint density at radius 3 is 1.75 bits per heavy atom. The van der Waals surface area contributed by atoms with E-state index in [0.717, 1.165) is 3.82 Å². The van der Waals surface area contributed by atoms with Crippen molar-refractivity contribution >= 4 is 156 Å². The summed E-state index contributed by atoms with van der Waals surface area (Å²) in [5.41, 5.74) is 0.